The number of ether oxygens (including phenoxy) is 1. The molecule has 3 aromatic carbocycles. The van der Waals surface area contributed by atoms with Gasteiger partial charge in [-0.15, -0.1) is 0 Å². The number of para-hydroxylation sites is 2. The Morgan fingerprint density at radius 2 is 1.69 bits per heavy atom. The molecule has 0 aliphatic rings. The number of fused-ring (bicyclic) bond motifs is 1. The Bertz CT molecular complexity index is 1130. The van der Waals surface area contributed by atoms with Gasteiger partial charge in [0.2, 0.25) is 0 Å². The van der Waals surface area contributed by atoms with Gasteiger partial charge in [-0.05, 0) is 19.1 Å². The van der Waals surface area contributed by atoms with Crippen molar-refractivity contribution in [2.75, 3.05) is 5.32 Å². The zero-order valence-corrected chi connectivity index (χ0v) is 15.2. The maximum Gasteiger partial charge on any atom is 0.342 e. The molecule has 1 atom stereocenters. The molecule has 0 saturated carbocycles. The Kier molecular flexibility index (Phi) is 5.31. The Morgan fingerprint density at radius 3 is 2.38 bits per heavy atom. The number of nitrogens with zero attached hydrogens (tertiary/aromatic N) is 1. The van der Waals surface area contributed by atoms with Gasteiger partial charge < -0.3 is 20.3 Å². The summed E-state index contributed by atoms with van der Waals surface area (Å²) in [7, 11) is 0. The van der Waals surface area contributed by atoms with Crippen LogP contribution >= 0.6 is 0 Å². The van der Waals surface area contributed by atoms with Gasteiger partial charge in [0.1, 0.15) is 22.7 Å². The molecule has 0 radical (unpaired) electrons. The summed E-state index contributed by atoms with van der Waals surface area (Å²) in [6.07, 6.45) is -1.32. The fourth-order valence-corrected chi connectivity index (χ4v) is 2.75. The van der Waals surface area contributed by atoms with Gasteiger partial charge in [0.25, 0.3) is 11.6 Å². The summed E-state index contributed by atoms with van der Waals surface area (Å²) < 4.78 is 5.06. The van der Waals surface area contributed by atoms with Crippen LogP contribution in [0.5, 0.6) is 11.5 Å². The van der Waals surface area contributed by atoms with Gasteiger partial charge in [-0.25, -0.2) is 4.79 Å². The molecule has 0 spiro atoms. The number of aromatic hydroxyl groups is 2. The molecule has 9 heteroatoms. The van der Waals surface area contributed by atoms with Gasteiger partial charge in [0.15, 0.2) is 6.10 Å². The quantitative estimate of drug-likeness (QED) is 0.260. The first-order valence-corrected chi connectivity index (χ1v) is 8.48. The van der Waals surface area contributed by atoms with Crippen LogP contribution in [0.4, 0.5) is 11.4 Å². The van der Waals surface area contributed by atoms with Crippen molar-refractivity contribution in [3.05, 3.63) is 70.3 Å². The van der Waals surface area contributed by atoms with E-state index in [1.165, 1.54) is 37.3 Å². The number of hydrogen-bond acceptors (Lipinski definition) is 7. The summed E-state index contributed by atoms with van der Waals surface area (Å²) >= 11 is 0. The number of nitrogens with one attached hydrogen (secondary N) is 1. The van der Waals surface area contributed by atoms with Crippen molar-refractivity contribution >= 4 is 34.0 Å². The summed E-state index contributed by atoms with van der Waals surface area (Å²) in [6, 6.07) is 13.0. The minimum Gasteiger partial charge on any atom is -0.507 e. The smallest absolute Gasteiger partial charge is 0.342 e. The monoisotopic (exact) mass is 396 g/mol. The van der Waals surface area contributed by atoms with Crippen LogP contribution in [0.1, 0.15) is 17.3 Å². The predicted molar refractivity (Wildman–Crippen MR) is 104 cm³/mol. The second-order valence-electron chi connectivity index (χ2n) is 6.15. The third-order valence-corrected chi connectivity index (χ3v) is 4.23. The molecule has 3 aromatic rings. The number of anilines is 1. The molecule has 1 amide bonds. The third-order valence-electron chi connectivity index (χ3n) is 4.23. The summed E-state index contributed by atoms with van der Waals surface area (Å²) in [5.41, 5.74) is -0.667. The molecule has 0 fully saturated rings. The van der Waals surface area contributed by atoms with Crippen molar-refractivity contribution in [3.8, 4) is 11.5 Å². The first kappa shape index (κ1) is 19.6. The zero-order chi connectivity index (χ0) is 21.1. The van der Waals surface area contributed by atoms with E-state index in [0.29, 0.717) is 5.39 Å². The average molecular weight is 396 g/mol. The normalized spacial score (nSPS) is 11.6. The van der Waals surface area contributed by atoms with Crippen molar-refractivity contribution in [2.45, 2.75) is 13.0 Å². The van der Waals surface area contributed by atoms with Gasteiger partial charge >= 0.3 is 5.97 Å². The van der Waals surface area contributed by atoms with Crippen molar-refractivity contribution in [2.24, 2.45) is 0 Å². The van der Waals surface area contributed by atoms with E-state index >= 15 is 0 Å². The largest absolute Gasteiger partial charge is 0.507 e. The Labute approximate surface area is 164 Å². The minimum atomic E-state index is -1.32. The number of phenols is 2. The van der Waals surface area contributed by atoms with Crippen LogP contribution in [0.15, 0.2) is 54.6 Å². The van der Waals surface area contributed by atoms with E-state index in [2.05, 4.69) is 5.32 Å². The van der Waals surface area contributed by atoms with Crippen LogP contribution in [0.2, 0.25) is 0 Å². The first-order chi connectivity index (χ1) is 13.8. The highest BCUT2D eigenvalue weighted by Gasteiger charge is 2.25. The summed E-state index contributed by atoms with van der Waals surface area (Å²) in [5.74, 6) is -2.46. The SMILES string of the molecule is C[C@@H](OC(=O)c1cc(O)c2ccccc2c1O)C(=O)Nc1ccccc1[N+](=O)[O-]. The van der Waals surface area contributed by atoms with Crippen LogP contribution in [0, 0.1) is 10.1 Å². The summed E-state index contributed by atoms with van der Waals surface area (Å²) in [6.45, 7) is 1.28. The molecule has 0 aromatic heterocycles. The number of esters is 1. The van der Waals surface area contributed by atoms with Gasteiger partial charge in [-0.2, -0.15) is 0 Å². The number of nitro benzene ring substituents is 1. The fourth-order valence-electron chi connectivity index (χ4n) is 2.75. The fraction of sp³-hybridized carbons (Fsp3) is 0.100. The van der Waals surface area contributed by atoms with E-state index in [4.69, 9.17) is 4.74 Å². The van der Waals surface area contributed by atoms with Crippen LogP contribution in [-0.2, 0) is 9.53 Å². The van der Waals surface area contributed by atoms with Gasteiger partial charge in [-0.1, -0.05) is 36.4 Å². The zero-order valence-electron chi connectivity index (χ0n) is 15.2. The molecule has 0 unspecified atom stereocenters. The van der Waals surface area contributed by atoms with Crippen molar-refractivity contribution in [3.63, 3.8) is 0 Å². The highest BCUT2D eigenvalue weighted by atomic mass is 16.6. The molecule has 3 rings (SSSR count). The minimum absolute atomic E-state index is 0.0448. The molecule has 3 N–H and O–H groups in total. The molecular formula is C20H16N2O7. The lowest BCUT2D eigenvalue weighted by Crippen LogP contribution is -2.30. The molecule has 0 bridgehead atoms. The average Bonchev–Trinajstić information content (AvgIpc) is 2.70. The summed E-state index contributed by atoms with van der Waals surface area (Å²) in [4.78, 5) is 35.1. The number of amides is 1. The number of hydrogen-bond donors (Lipinski definition) is 3. The second kappa shape index (κ2) is 7.85. The van der Waals surface area contributed by atoms with E-state index in [9.17, 15) is 29.9 Å². The first-order valence-electron chi connectivity index (χ1n) is 8.48. The Hall–Kier alpha value is -4.14. The lowest BCUT2D eigenvalue weighted by molar-refractivity contribution is -0.383. The van der Waals surface area contributed by atoms with Gasteiger partial charge in [0, 0.05) is 16.8 Å². The van der Waals surface area contributed by atoms with Crippen LogP contribution in [-0.4, -0.2) is 33.1 Å². The second-order valence-corrected chi connectivity index (χ2v) is 6.15. The molecule has 0 aliphatic carbocycles. The van der Waals surface area contributed by atoms with E-state index in [1.807, 2.05) is 0 Å². The molecule has 0 heterocycles. The molecular weight excluding hydrogens is 380 g/mol. The van der Waals surface area contributed by atoms with E-state index < -0.39 is 28.7 Å². The molecule has 29 heavy (non-hydrogen) atoms. The molecule has 0 aliphatic heterocycles. The van der Waals surface area contributed by atoms with Crippen molar-refractivity contribution < 1.29 is 29.5 Å². The number of carbonyl (C=O) groups is 2. The van der Waals surface area contributed by atoms with Gasteiger partial charge in [-0.3, -0.25) is 14.9 Å². The predicted octanol–water partition coefficient (Wildman–Crippen LogP) is 3.34. The molecule has 148 valence electrons. The third kappa shape index (κ3) is 3.93. The Morgan fingerprint density at radius 1 is 1.07 bits per heavy atom. The van der Waals surface area contributed by atoms with E-state index in [-0.39, 0.29) is 28.1 Å². The highest BCUT2D eigenvalue weighted by molar-refractivity contribution is 6.05. The van der Waals surface area contributed by atoms with Crippen LogP contribution in [0.3, 0.4) is 0 Å². The number of phenolic OH excluding ortho intramolecular Hbond substituents is 2. The standard InChI is InChI=1S/C20H16N2O7/c1-11(19(25)21-15-8-4-5-9-16(15)22(27)28)29-20(26)14-10-17(23)12-6-2-3-7-13(12)18(14)24/h2-11,23-24H,1H3,(H,21,25)/t11-/m1/s1. The van der Waals surface area contributed by atoms with Gasteiger partial charge in [0.05, 0.1) is 4.92 Å². The number of rotatable bonds is 5. The Balaban J connectivity index is 1.79. The van der Waals surface area contributed by atoms with Crippen molar-refractivity contribution in [1.82, 2.24) is 0 Å². The van der Waals surface area contributed by atoms with Crippen LogP contribution < -0.4 is 5.32 Å². The highest BCUT2D eigenvalue weighted by Crippen LogP contribution is 2.35. The maximum absolute atomic E-state index is 12.4. The number of nitro groups is 1. The summed E-state index contributed by atoms with van der Waals surface area (Å²) in [5, 5.41) is 34.4. The molecule has 0 saturated heterocycles. The molecule has 9 nitrogen and oxygen atoms in total. The number of benzene rings is 3. The van der Waals surface area contributed by atoms with E-state index in [1.54, 1.807) is 18.2 Å². The lowest BCUT2D eigenvalue weighted by Gasteiger charge is -2.15. The lowest BCUT2D eigenvalue weighted by atomic mass is 10.0. The van der Waals surface area contributed by atoms with Crippen LogP contribution in [0.25, 0.3) is 10.8 Å². The van der Waals surface area contributed by atoms with E-state index in [0.717, 1.165) is 6.07 Å². The topological polar surface area (TPSA) is 139 Å². The van der Waals surface area contributed by atoms with Crippen molar-refractivity contribution in [1.29, 1.82) is 0 Å². The number of carbonyl (C=O) groups excluding carboxylic acids is 2. The maximum atomic E-state index is 12.4.